The number of aryl methyl sites for hydroxylation is 1. The maximum absolute atomic E-state index is 5.72. The number of anilines is 1. The van der Waals surface area contributed by atoms with Gasteiger partial charge in [-0.25, -0.2) is 4.98 Å². The molecule has 5 heteroatoms. The van der Waals surface area contributed by atoms with Gasteiger partial charge in [0, 0.05) is 37.9 Å². The van der Waals surface area contributed by atoms with Crippen molar-refractivity contribution in [1.29, 1.82) is 0 Å². The molecule has 0 aliphatic rings. The zero-order chi connectivity index (χ0) is 12.3. The van der Waals surface area contributed by atoms with Crippen LogP contribution in [0.2, 0.25) is 0 Å². The zero-order valence-electron chi connectivity index (χ0n) is 10.2. The topological polar surface area (TPSA) is 60.0 Å². The van der Waals surface area contributed by atoms with Crippen LogP contribution in [-0.2, 0) is 20.1 Å². The van der Waals surface area contributed by atoms with Gasteiger partial charge in [0.15, 0.2) is 0 Å². The summed E-state index contributed by atoms with van der Waals surface area (Å²) in [5, 5.41) is 0. The highest BCUT2D eigenvalue weighted by Crippen LogP contribution is 2.07. The third-order valence-corrected chi connectivity index (χ3v) is 2.60. The van der Waals surface area contributed by atoms with E-state index in [1.807, 2.05) is 37.1 Å². The minimum absolute atomic E-state index is 0.750. The molecule has 0 unspecified atom stereocenters. The van der Waals surface area contributed by atoms with E-state index in [-0.39, 0.29) is 0 Å². The number of aromatic nitrogens is 3. The molecule has 2 aromatic rings. The van der Waals surface area contributed by atoms with Crippen molar-refractivity contribution in [3.05, 3.63) is 42.2 Å². The summed E-state index contributed by atoms with van der Waals surface area (Å²) >= 11 is 0. The lowest BCUT2D eigenvalue weighted by molar-refractivity contribution is 0.303. The van der Waals surface area contributed by atoms with Crippen LogP contribution in [-0.4, -0.2) is 26.5 Å². The molecule has 0 atom stereocenters. The van der Waals surface area contributed by atoms with E-state index in [1.54, 1.807) is 12.3 Å². The molecule has 2 aromatic heterocycles. The quantitative estimate of drug-likeness (QED) is 0.853. The van der Waals surface area contributed by atoms with Gasteiger partial charge < -0.3 is 10.3 Å². The number of rotatable bonds is 4. The molecule has 0 bridgehead atoms. The van der Waals surface area contributed by atoms with Crippen LogP contribution in [0.3, 0.4) is 0 Å². The number of nitrogen functional groups attached to an aromatic ring is 1. The molecule has 0 aromatic carbocycles. The molecule has 0 spiro atoms. The Morgan fingerprint density at radius 1 is 1.29 bits per heavy atom. The van der Waals surface area contributed by atoms with Crippen LogP contribution in [0.25, 0.3) is 0 Å². The molecule has 0 saturated heterocycles. The molecule has 17 heavy (non-hydrogen) atoms. The number of imidazole rings is 1. The van der Waals surface area contributed by atoms with Gasteiger partial charge in [0.1, 0.15) is 5.82 Å². The van der Waals surface area contributed by atoms with Crippen LogP contribution in [0, 0.1) is 0 Å². The summed E-state index contributed by atoms with van der Waals surface area (Å²) in [6.45, 7) is 1.55. The van der Waals surface area contributed by atoms with Crippen LogP contribution in [0.1, 0.15) is 11.5 Å². The fraction of sp³-hybridized carbons (Fsp3) is 0.333. The first-order valence-electron chi connectivity index (χ1n) is 5.50. The van der Waals surface area contributed by atoms with Crippen molar-refractivity contribution in [3.8, 4) is 0 Å². The second-order valence-electron chi connectivity index (χ2n) is 4.21. The fourth-order valence-electron chi connectivity index (χ4n) is 1.71. The maximum atomic E-state index is 5.72. The van der Waals surface area contributed by atoms with Crippen molar-refractivity contribution in [1.82, 2.24) is 19.4 Å². The predicted molar refractivity (Wildman–Crippen MR) is 67.0 cm³/mol. The van der Waals surface area contributed by atoms with Crippen LogP contribution >= 0.6 is 0 Å². The third-order valence-electron chi connectivity index (χ3n) is 2.60. The first-order chi connectivity index (χ1) is 8.15. The largest absolute Gasteiger partial charge is 0.399 e. The first-order valence-corrected chi connectivity index (χ1v) is 5.50. The molecule has 0 radical (unpaired) electrons. The van der Waals surface area contributed by atoms with Gasteiger partial charge in [0.05, 0.1) is 12.2 Å². The third kappa shape index (κ3) is 3.04. The molecule has 0 amide bonds. The highest BCUT2D eigenvalue weighted by Gasteiger charge is 2.06. The molecule has 0 fully saturated rings. The van der Waals surface area contributed by atoms with Gasteiger partial charge in [0.2, 0.25) is 0 Å². The molecular formula is C12H17N5. The Hall–Kier alpha value is -1.88. The van der Waals surface area contributed by atoms with Crippen molar-refractivity contribution in [3.63, 3.8) is 0 Å². The number of nitrogens with zero attached hydrogens (tertiary/aromatic N) is 4. The van der Waals surface area contributed by atoms with Gasteiger partial charge in [-0.05, 0) is 19.2 Å². The smallest absolute Gasteiger partial charge is 0.122 e. The van der Waals surface area contributed by atoms with E-state index >= 15 is 0 Å². The van der Waals surface area contributed by atoms with E-state index in [2.05, 4.69) is 14.9 Å². The average Bonchev–Trinajstić information content (AvgIpc) is 2.64. The first kappa shape index (κ1) is 11.6. The van der Waals surface area contributed by atoms with Crippen molar-refractivity contribution in [2.75, 3.05) is 12.8 Å². The molecular weight excluding hydrogens is 214 g/mol. The summed E-state index contributed by atoms with van der Waals surface area (Å²) in [4.78, 5) is 10.7. The second-order valence-corrected chi connectivity index (χ2v) is 4.21. The zero-order valence-corrected chi connectivity index (χ0v) is 10.2. The van der Waals surface area contributed by atoms with Crippen molar-refractivity contribution < 1.29 is 0 Å². The predicted octanol–water partition coefficient (Wildman–Crippen LogP) is 1.03. The van der Waals surface area contributed by atoms with E-state index in [9.17, 15) is 0 Å². The summed E-state index contributed by atoms with van der Waals surface area (Å²) in [7, 11) is 4.04. The van der Waals surface area contributed by atoms with Crippen molar-refractivity contribution in [2.45, 2.75) is 13.1 Å². The summed E-state index contributed by atoms with van der Waals surface area (Å²) in [6, 6.07) is 3.69. The summed E-state index contributed by atoms with van der Waals surface area (Å²) < 4.78 is 2.02. The Morgan fingerprint density at radius 2 is 2.12 bits per heavy atom. The number of pyridine rings is 1. The molecule has 0 aliphatic heterocycles. The molecule has 5 nitrogen and oxygen atoms in total. The summed E-state index contributed by atoms with van der Waals surface area (Å²) in [5.41, 5.74) is 7.44. The van der Waals surface area contributed by atoms with Crippen LogP contribution in [0.15, 0.2) is 30.7 Å². The van der Waals surface area contributed by atoms with E-state index in [4.69, 9.17) is 5.73 Å². The number of nitrogens with two attached hydrogens (primary N) is 1. The number of hydrogen-bond donors (Lipinski definition) is 1. The van der Waals surface area contributed by atoms with Crippen LogP contribution in [0.4, 0.5) is 5.69 Å². The molecule has 2 rings (SSSR count). The number of hydrogen-bond acceptors (Lipinski definition) is 4. The van der Waals surface area contributed by atoms with Gasteiger partial charge in [-0.2, -0.15) is 0 Å². The lowest BCUT2D eigenvalue weighted by Crippen LogP contribution is -2.20. The summed E-state index contributed by atoms with van der Waals surface area (Å²) in [6.07, 6.45) is 5.49. The van der Waals surface area contributed by atoms with Crippen molar-refractivity contribution in [2.24, 2.45) is 7.05 Å². The Kier molecular flexibility index (Phi) is 3.39. The van der Waals surface area contributed by atoms with E-state index in [0.717, 1.165) is 30.3 Å². The molecule has 0 saturated carbocycles. The van der Waals surface area contributed by atoms with E-state index in [1.165, 1.54) is 0 Å². The second kappa shape index (κ2) is 4.97. The van der Waals surface area contributed by atoms with Crippen LogP contribution in [0.5, 0.6) is 0 Å². The Balaban J connectivity index is 1.98. The minimum atomic E-state index is 0.750. The van der Waals surface area contributed by atoms with Gasteiger partial charge in [-0.15, -0.1) is 0 Å². The highest BCUT2D eigenvalue weighted by atomic mass is 15.2. The highest BCUT2D eigenvalue weighted by molar-refractivity contribution is 5.37. The molecule has 0 aliphatic carbocycles. The van der Waals surface area contributed by atoms with Crippen LogP contribution < -0.4 is 5.73 Å². The van der Waals surface area contributed by atoms with Gasteiger partial charge in [-0.1, -0.05) is 0 Å². The molecule has 90 valence electrons. The van der Waals surface area contributed by atoms with E-state index in [0.29, 0.717) is 0 Å². The Morgan fingerprint density at radius 3 is 2.76 bits per heavy atom. The average molecular weight is 231 g/mol. The normalized spacial score (nSPS) is 11.0. The van der Waals surface area contributed by atoms with Crippen molar-refractivity contribution >= 4 is 5.69 Å². The molecule has 2 N–H and O–H groups in total. The lowest BCUT2D eigenvalue weighted by atomic mass is 10.3. The van der Waals surface area contributed by atoms with Gasteiger partial charge >= 0.3 is 0 Å². The van der Waals surface area contributed by atoms with Gasteiger partial charge in [0.25, 0.3) is 0 Å². The Bertz CT molecular complexity index is 491. The Labute approximate surface area is 101 Å². The standard InChI is InChI=1S/C12H17N5/c1-16(9-12-15-5-6-17(12)2)8-11-7-10(13)3-4-14-11/h3-7H,8-9H2,1-2H3,(H2,13,14). The SMILES string of the molecule is CN(Cc1cc(N)ccn1)Cc1nccn1C. The van der Waals surface area contributed by atoms with Gasteiger partial charge in [-0.3, -0.25) is 9.88 Å². The summed E-state index contributed by atoms with van der Waals surface area (Å²) in [5.74, 6) is 1.04. The minimum Gasteiger partial charge on any atom is -0.399 e. The fourth-order valence-corrected chi connectivity index (χ4v) is 1.71. The lowest BCUT2D eigenvalue weighted by Gasteiger charge is -2.15. The maximum Gasteiger partial charge on any atom is 0.122 e. The molecule has 2 heterocycles. The monoisotopic (exact) mass is 231 g/mol. The van der Waals surface area contributed by atoms with E-state index < -0.39 is 0 Å².